The van der Waals surface area contributed by atoms with Crippen molar-refractivity contribution in [1.29, 1.82) is 0 Å². The highest BCUT2D eigenvalue weighted by molar-refractivity contribution is 9.10. The lowest BCUT2D eigenvalue weighted by Gasteiger charge is -2.30. The van der Waals surface area contributed by atoms with Crippen LogP contribution in [0, 0.1) is 5.92 Å². The number of furan rings is 1. The summed E-state index contributed by atoms with van der Waals surface area (Å²) in [5, 5.41) is 4.60. The van der Waals surface area contributed by atoms with E-state index in [1.54, 1.807) is 0 Å². The molecule has 1 atom stereocenters. The molecule has 0 spiro atoms. The van der Waals surface area contributed by atoms with Crippen molar-refractivity contribution in [3.8, 4) is 0 Å². The van der Waals surface area contributed by atoms with Gasteiger partial charge in [0.1, 0.15) is 11.3 Å². The van der Waals surface area contributed by atoms with E-state index in [0.29, 0.717) is 6.04 Å². The van der Waals surface area contributed by atoms with Crippen molar-refractivity contribution in [3.05, 3.63) is 34.5 Å². The van der Waals surface area contributed by atoms with Gasteiger partial charge in [-0.3, -0.25) is 4.90 Å². The SMILES string of the molecule is CC(c1cc2cc(Br)ccc2o1)N(C)CC1CCNCC1. The van der Waals surface area contributed by atoms with Gasteiger partial charge in [0.15, 0.2) is 0 Å². The van der Waals surface area contributed by atoms with Crippen LogP contribution < -0.4 is 5.32 Å². The maximum absolute atomic E-state index is 6.02. The summed E-state index contributed by atoms with van der Waals surface area (Å²) in [5.41, 5.74) is 0.968. The third-order valence-electron chi connectivity index (χ3n) is 4.58. The van der Waals surface area contributed by atoms with Crippen LogP contribution in [0.5, 0.6) is 0 Å². The van der Waals surface area contributed by atoms with Crippen molar-refractivity contribution in [2.75, 3.05) is 26.7 Å². The van der Waals surface area contributed by atoms with E-state index in [9.17, 15) is 0 Å². The molecule has 0 aliphatic carbocycles. The number of halogens is 1. The van der Waals surface area contributed by atoms with Crippen LogP contribution in [0.3, 0.4) is 0 Å². The molecule has 1 fully saturated rings. The average molecular weight is 351 g/mol. The molecule has 1 aliphatic rings. The van der Waals surface area contributed by atoms with Crippen LogP contribution in [0.4, 0.5) is 0 Å². The highest BCUT2D eigenvalue weighted by Crippen LogP contribution is 2.29. The molecule has 1 aromatic heterocycles. The van der Waals surface area contributed by atoms with Gasteiger partial charge >= 0.3 is 0 Å². The second kappa shape index (κ2) is 6.51. The lowest BCUT2D eigenvalue weighted by atomic mass is 9.97. The monoisotopic (exact) mass is 350 g/mol. The average Bonchev–Trinajstić information content (AvgIpc) is 2.90. The van der Waals surface area contributed by atoms with Crippen LogP contribution >= 0.6 is 15.9 Å². The number of piperidine rings is 1. The van der Waals surface area contributed by atoms with Gasteiger partial charge in [-0.2, -0.15) is 0 Å². The Kier molecular flexibility index (Phi) is 4.67. The van der Waals surface area contributed by atoms with Gasteiger partial charge in [-0.1, -0.05) is 15.9 Å². The Labute approximate surface area is 134 Å². The van der Waals surface area contributed by atoms with Crippen LogP contribution in [0.1, 0.15) is 31.6 Å². The second-order valence-corrected chi connectivity index (χ2v) is 7.06. The van der Waals surface area contributed by atoms with Gasteiger partial charge < -0.3 is 9.73 Å². The summed E-state index contributed by atoms with van der Waals surface area (Å²) in [4.78, 5) is 2.42. The molecule has 2 heterocycles. The topological polar surface area (TPSA) is 28.4 Å². The first-order valence-electron chi connectivity index (χ1n) is 7.73. The summed E-state index contributed by atoms with van der Waals surface area (Å²) in [5.74, 6) is 1.86. The zero-order chi connectivity index (χ0) is 14.8. The van der Waals surface area contributed by atoms with E-state index in [4.69, 9.17) is 4.42 Å². The zero-order valence-electron chi connectivity index (χ0n) is 12.7. The molecular weight excluding hydrogens is 328 g/mol. The highest BCUT2D eigenvalue weighted by atomic mass is 79.9. The fourth-order valence-electron chi connectivity index (χ4n) is 3.09. The zero-order valence-corrected chi connectivity index (χ0v) is 14.3. The Morgan fingerprint density at radius 2 is 2.10 bits per heavy atom. The highest BCUT2D eigenvalue weighted by Gasteiger charge is 2.21. The van der Waals surface area contributed by atoms with E-state index in [1.807, 2.05) is 12.1 Å². The molecule has 21 heavy (non-hydrogen) atoms. The van der Waals surface area contributed by atoms with Crippen LogP contribution in [-0.2, 0) is 0 Å². The first-order valence-corrected chi connectivity index (χ1v) is 8.53. The van der Waals surface area contributed by atoms with Crippen molar-refractivity contribution in [2.45, 2.75) is 25.8 Å². The summed E-state index contributed by atoms with van der Waals surface area (Å²) in [6.07, 6.45) is 2.56. The van der Waals surface area contributed by atoms with Gasteiger partial charge in [-0.25, -0.2) is 0 Å². The smallest absolute Gasteiger partial charge is 0.134 e. The summed E-state index contributed by atoms with van der Waals surface area (Å²) >= 11 is 3.52. The van der Waals surface area contributed by atoms with E-state index in [1.165, 1.54) is 18.2 Å². The summed E-state index contributed by atoms with van der Waals surface area (Å²) < 4.78 is 7.12. The maximum Gasteiger partial charge on any atom is 0.134 e. The second-order valence-electron chi connectivity index (χ2n) is 6.14. The predicted octanol–water partition coefficient (Wildman–Crippen LogP) is 4.19. The van der Waals surface area contributed by atoms with Gasteiger partial charge in [0.2, 0.25) is 0 Å². The maximum atomic E-state index is 6.02. The number of nitrogens with zero attached hydrogens (tertiary/aromatic N) is 1. The predicted molar refractivity (Wildman–Crippen MR) is 90.6 cm³/mol. The first kappa shape index (κ1) is 15.1. The summed E-state index contributed by atoms with van der Waals surface area (Å²) in [6, 6.07) is 8.65. The molecule has 1 unspecified atom stereocenters. The summed E-state index contributed by atoms with van der Waals surface area (Å²) in [6.45, 7) is 5.69. The first-order chi connectivity index (χ1) is 10.1. The molecule has 0 radical (unpaired) electrons. The van der Waals surface area contributed by atoms with Gasteiger partial charge in [-0.05, 0) is 70.1 Å². The molecule has 3 nitrogen and oxygen atoms in total. The Bertz CT molecular complexity index is 604. The van der Waals surface area contributed by atoms with E-state index < -0.39 is 0 Å². The Balaban J connectivity index is 1.71. The standard InChI is InChI=1S/C17H23BrN2O/c1-12(20(2)11-13-5-7-19-8-6-13)17-10-14-9-15(18)3-4-16(14)21-17/h3-4,9-10,12-13,19H,5-8,11H2,1-2H3. The van der Waals surface area contributed by atoms with E-state index >= 15 is 0 Å². The minimum atomic E-state index is 0.311. The van der Waals surface area contributed by atoms with Crippen LogP contribution in [0.25, 0.3) is 11.0 Å². The molecule has 114 valence electrons. The Hall–Kier alpha value is -0.840. The minimum absolute atomic E-state index is 0.311. The number of fused-ring (bicyclic) bond motifs is 1. The fourth-order valence-corrected chi connectivity index (χ4v) is 3.47. The van der Waals surface area contributed by atoms with Gasteiger partial charge in [-0.15, -0.1) is 0 Å². The van der Waals surface area contributed by atoms with Crippen LogP contribution in [0.2, 0.25) is 0 Å². The van der Waals surface area contributed by atoms with E-state index in [-0.39, 0.29) is 0 Å². The van der Waals surface area contributed by atoms with Crippen molar-refractivity contribution in [2.24, 2.45) is 5.92 Å². The van der Waals surface area contributed by atoms with Crippen molar-refractivity contribution < 1.29 is 4.42 Å². The number of rotatable bonds is 4. The molecule has 4 heteroatoms. The molecule has 1 saturated heterocycles. The molecule has 3 rings (SSSR count). The minimum Gasteiger partial charge on any atom is -0.459 e. The van der Waals surface area contributed by atoms with E-state index in [2.05, 4.69) is 52.3 Å². The lowest BCUT2D eigenvalue weighted by molar-refractivity contribution is 0.181. The summed E-state index contributed by atoms with van der Waals surface area (Å²) in [7, 11) is 2.20. The molecule has 2 aromatic rings. The normalized spacial score (nSPS) is 18.5. The number of hydrogen-bond donors (Lipinski definition) is 1. The number of hydrogen-bond acceptors (Lipinski definition) is 3. The van der Waals surface area contributed by atoms with Crippen LogP contribution in [0.15, 0.2) is 33.2 Å². The van der Waals surface area contributed by atoms with Crippen molar-refractivity contribution in [1.82, 2.24) is 10.2 Å². The molecular formula is C17H23BrN2O. The molecule has 0 bridgehead atoms. The van der Waals surface area contributed by atoms with Crippen molar-refractivity contribution >= 4 is 26.9 Å². The number of nitrogens with one attached hydrogen (secondary N) is 1. The Morgan fingerprint density at radius 1 is 1.33 bits per heavy atom. The van der Waals surface area contributed by atoms with Crippen molar-refractivity contribution in [3.63, 3.8) is 0 Å². The molecule has 0 saturated carbocycles. The fraction of sp³-hybridized carbons (Fsp3) is 0.529. The molecule has 1 N–H and O–H groups in total. The quantitative estimate of drug-likeness (QED) is 0.896. The lowest BCUT2D eigenvalue weighted by Crippen LogP contribution is -2.35. The molecule has 1 aromatic carbocycles. The molecule has 0 amide bonds. The third kappa shape index (κ3) is 3.50. The van der Waals surface area contributed by atoms with Gasteiger partial charge in [0.25, 0.3) is 0 Å². The largest absolute Gasteiger partial charge is 0.459 e. The van der Waals surface area contributed by atoms with Gasteiger partial charge in [0.05, 0.1) is 6.04 Å². The van der Waals surface area contributed by atoms with E-state index in [0.717, 1.165) is 41.4 Å². The van der Waals surface area contributed by atoms with Crippen LogP contribution in [-0.4, -0.2) is 31.6 Å². The number of benzene rings is 1. The van der Waals surface area contributed by atoms with Gasteiger partial charge in [0, 0.05) is 16.4 Å². The third-order valence-corrected chi connectivity index (χ3v) is 5.07. The molecule has 1 aliphatic heterocycles. The Morgan fingerprint density at radius 3 is 2.86 bits per heavy atom.